The van der Waals surface area contributed by atoms with Crippen molar-refractivity contribution in [2.75, 3.05) is 23.0 Å². The number of nitriles is 1. The van der Waals surface area contributed by atoms with Crippen LogP contribution in [0.5, 0.6) is 0 Å². The first-order chi connectivity index (χ1) is 18.0. The molecule has 3 N–H and O–H groups in total. The molecular formula is C29H25FN6O. The maximum absolute atomic E-state index is 14.9. The highest BCUT2D eigenvalue weighted by Gasteiger charge is 2.12. The molecule has 0 aliphatic carbocycles. The number of halogens is 1. The molecule has 0 fully saturated rings. The summed E-state index contributed by atoms with van der Waals surface area (Å²) in [6, 6.07) is 20.4. The van der Waals surface area contributed by atoms with Crippen LogP contribution in [-0.4, -0.2) is 24.2 Å². The van der Waals surface area contributed by atoms with Gasteiger partial charge in [0.15, 0.2) is 0 Å². The Kier molecular flexibility index (Phi) is 7.86. The molecule has 3 aromatic carbocycles. The number of benzene rings is 3. The average molecular weight is 493 g/mol. The largest absolute Gasteiger partial charge is 0.359 e. The van der Waals surface area contributed by atoms with Crippen molar-refractivity contribution in [2.24, 2.45) is 4.99 Å². The van der Waals surface area contributed by atoms with Gasteiger partial charge in [0.1, 0.15) is 5.82 Å². The molecule has 7 nitrogen and oxygen atoms in total. The Labute approximate surface area is 214 Å². The van der Waals surface area contributed by atoms with Gasteiger partial charge in [-0.15, -0.1) is 0 Å². The molecule has 1 heterocycles. The van der Waals surface area contributed by atoms with Gasteiger partial charge in [0.05, 0.1) is 22.8 Å². The van der Waals surface area contributed by atoms with Gasteiger partial charge in [-0.05, 0) is 79.2 Å². The normalized spacial score (nSPS) is 11.4. The van der Waals surface area contributed by atoms with Gasteiger partial charge in [0.25, 0.3) is 5.91 Å². The number of pyridine rings is 1. The van der Waals surface area contributed by atoms with E-state index in [1.165, 1.54) is 12.1 Å². The molecule has 4 aromatic rings. The molecular weight excluding hydrogens is 467 g/mol. The standard InChI is InChI=1S/C29H25FN6O/c1-3-21(12-14-32-2)34-22-6-8-23(9-7-22)35-29(37)20-5-11-28(25(30)17-20)36-27-13-15-33-26-10-4-19(18-31)16-24(26)27/h4-17,34H,3H2,1-2H3,(H,33,36)(H,35,37)/b21-12+,32-14?. The van der Waals surface area contributed by atoms with E-state index in [1.54, 1.807) is 61.9 Å². The molecule has 0 unspecified atom stereocenters. The number of fused-ring (bicyclic) bond motifs is 1. The summed E-state index contributed by atoms with van der Waals surface area (Å²) in [4.78, 5) is 21.0. The van der Waals surface area contributed by atoms with Gasteiger partial charge in [-0.3, -0.25) is 14.8 Å². The highest BCUT2D eigenvalue weighted by molar-refractivity contribution is 6.04. The van der Waals surface area contributed by atoms with Gasteiger partial charge in [-0.2, -0.15) is 5.26 Å². The summed E-state index contributed by atoms with van der Waals surface area (Å²) in [5.74, 6) is -1.00. The fourth-order valence-corrected chi connectivity index (χ4v) is 3.67. The summed E-state index contributed by atoms with van der Waals surface area (Å²) in [6.07, 6.45) is 6.06. The molecule has 0 bridgehead atoms. The van der Waals surface area contributed by atoms with Crippen molar-refractivity contribution < 1.29 is 9.18 Å². The molecule has 1 aromatic heterocycles. The summed E-state index contributed by atoms with van der Waals surface area (Å²) in [5.41, 5.74) is 4.63. The molecule has 184 valence electrons. The predicted octanol–water partition coefficient (Wildman–Crippen LogP) is 6.65. The van der Waals surface area contributed by atoms with Gasteiger partial charge >= 0.3 is 0 Å². The first-order valence-corrected chi connectivity index (χ1v) is 11.7. The Bertz CT molecular complexity index is 1540. The number of rotatable bonds is 8. The molecule has 0 saturated heterocycles. The van der Waals surface area contributed by atoms with Gasteiger partial charge in [0, 0.05) is 53.2 Å². The number of nitrogens with one attached hydrogen (secondary N) is 3. The minimum absolute atomic E-state index is 0.187. The number of aromatic nitrogens is 1. The molecule has 4 rings (SSSR count). The third-order valence-electron chi connectivity index (χ3n) is 5.62. The number of nitrogens with zero attached hydrogens (tertiary/aromatic N) is 3. The monoisotopic (exact) mass is 492 g/mol. The SMILES string of the molecule is CC/C(=C\C=NC)Nc1ccc(NC(=O)c2ccc(Nc3ccnc4ccc(C#N)cc34)c(F)c2)cc1. The second-order valence-corrected chi connectivity index (χ2v) is 8.13. The Morgan fingerprint density at radius 1 is 1.03 bits per heavy atom. The van der Waals surface area contributed by atoms with Crippen LogP contribution in [0.2, 0.25) is 0 Å². The number of anilines is 4. The third kappa shape index (κ3) is 6.16. The van der Waals surface area contributed by atoms with Crippen LogP contribution >= 0.6 is 0 Å². The van der Waals surface area contributed by atoms with E-state index in [0.717, 1.165) is 17.8 Å². The quantitative estimate of drug-likeness (QED) is 0.239. The highest BCUT2D eigenvalue weighted by atomic mass is 19.1. The van der Waals surface area contributed by atoms with Crippen molar-refractivity contribution >= 4 is 45.8 Å². The lowest BCUT2D eigenvalue weighted by atomic mass is 10.1. The van der Waals surface area contributed by atoms with Crippen LogP contribution in [0.15, 0.2) is 89.7 Å². The van der Waals surface area contributed by atoms with Crippen molar-refractivity contribution in [1.29, 1.82) is 5.26 Å². The first kappa shape index (κ1) is 25.1. The van der Waals surface area contributed by atoms with Crippen molar-refractivity contribution in [2.45, 2.75) is 13.3 Å². The summed E-state index contributed by atoms with van der Waals surface area (Å²) in [6.45, 7) is 2.04. The molecule has 37 heavy (non-hydrogen) atoms. The molecule has 0 radical (unpaired) electrons. The predicted molar refractivity (Wildman–Crippen MR) is 147 cm³/mol. The van der Waals surface area contributed by atoms with Crippen LogP contribution in [-0.2, 0) is 0 Å². The lowest BCUT2D eigenvalue weighted by molar-refractivity contribution is 0.102. The molecule has 8 heteroatoms. The van der Waals surface area contributed by atoms with E-state index in [-0.39, 0.29) is 11.3 Å². The van der Waals surface area contributed by atoms with E-state index in [1.807, 2.05) is 25.1 Å². The second-order valence-electron chi connectivity index (χ2n) is 8.13. The molecule has 1 amide bonds. The minimum Gasteiger partial charge on any atom is -0.359 e. The lowest BCUT2D eigenvalue weighted by Gasteiger charge is -2.12. The Hall–Kier alpha value is -5.03. The van der Waals surface area contributed by atoms with Crippen LogP contribution in [0.1, 0.15) is 29.3 Å². The summed E-state index contributed by atoms with van der Waals surface area (Å²) in [7, 11) is 1.71. The van der Waals surface area contributed by atoms with Crippen LogP contribution < -0.4 is 16.0 Å². The second kappa shape index (κ2) is 11.6. The van der Waals surface area contributed by atoms with Crippen LogP contribution in [0.3, 0.4) is 0 Å². The van der Waals surface area contributed by atoms with E-state index in [2.05, 4.69) is 32.0 Å². The molecule has 0 atom stereocenters. The number of hydrogen-bond acceptors (Lipinski definition) is 6. The van der Waals surface area contributed by atoms with Gasteiger partial charge in [-0.25, -0.2) is 4.39 Å². The average Bonchev–Trinajstić information content (AvgIpc) is 2.92. The molecule has 0 saturated carbocycles. The molecule has 0 aliphatic heterocycles. The van der Waals surface area contributed by atoms with Gasteiger partial charge < -0.3 is 16.0 Å². The van der Waals surface area contributed by atoms with Crippen LogP contribution in [0.4, 0.5) is 27.1 Å². The Morgan fingerprint density at radius 3 is 2.46 bits per heavy atom. The molecule has 0 spiro atoms. The third-order valence-corrected chi connectivity index (χ3v) is 5.62. The maximum atomic E-state index is 14.9. The van der Waals surface area contributed by atoms with E-state index in [0.29, 0.717) is 27.8 Å². The zero-order valence-corrected chi connectivity index (χ0v) is 20.4. The van der Waals surface area contributed by atoms with Gasteiger partial charge in [-0.1, -0.05) is 6.92 Å². The fraction of sp³-hybridized carbons (Fsp3) is 0.103. The lowest BCUT2D eigenvalue weighted by Crippen LogP contribution is -2.12. The number of carbonyl (C=O) groups is 1. The Balaban J connectivity index is 1.46. The van der Waals surface area contributed by atoms with Crippen molar-refractivity contribution in [3.63, 3.8) is 0 Å². The minimum atomic E-state index is -0.580. The van der Waals surface area contributed by atoms with Crippen molar-refractivity contribution in [3.05, 3.63) is 102 Å². The van der Waals surface area contributed by atoms with Crippen molar-refractivity contribution in [3.8, 4) is 6.07 Å². The van der Waals surface area contributed by atoms with E-state index >= 15 is 0 Å². The molecule has 0 aliphatic rings. The number of allylic oxidation sites excluding steroid dienone is 2. The number of hydrogen-bond donors (Lipinski definition) is 3. The summed E-state index contributed by atoms with van der Waals surface area (Å²) < 4.78 is 14.9. The van der Waals surface area contributed by atoms with E-state index in [4.69, 9.17) is 0 Å². The van der Waals surface area contributed by atoms with Crippen LogP contribution in [0.25, 0.3) is 10.9 Å². The number of carbonyl (C=O) groups excluding carboxylic acids is 1. The summed E-state index contributed by atoms with van der Waals surface area (Å²) >= 11 is 0. The number of amides is 1. The fourth-order valence-electron chi connectivity index (χ4n) is 3.67. The topological polar surface area (TPSA) is 102 Å². The summed E-state index contributed by atoms with van der Waals surface area (Å²) in [5, 5.41) is 19.0. The van der Waals surface area contributed by atoms with Gasteiger partial charge in [0.2, 0.25) is 0 Å². The van der Waals surface area contributed by atoms with E-state index in [9.17, 15) is 14.4 Å². The highest BCUT2D eigenvalue weighted by Crippen LogP contribution is 2.28. The van der Waals surface area contributed by atoms with E-state index < -0.39 is 11.7 Å². The zero-order chi connectivity index (χ0) is 26.2. The number of aliphatic imine (C=N–C) groups is 1. The Morgan fingerprint density at radius 2 is 1.78 bits per heavy atom. The smallest absolute Gasteiger partial charge is 0.255 e. The zero-order valence-electron chi connectivity index (χ0n) is 20.4. The maximum Gasteiger partial charge on any atom is 0.255 e. The van der Waals surface area contributed by atoms with Crippen molar-refractivity contribution in [1.82, 2.24) is 4.98 Å². The first-order valence-electron chi connectivity index (χ1n) is 11.7. The van der Waals surface area contributed by atoms with Crippen LogP contribution in [0, 0.1) is 17.1 Å².